The van der Waals surface area contributed by atoms with E-state index < -0.39 is 0 Å². The van der Waals surface area contributed by atoms with Crippen molar-refractivity contribution < 1.29 is 4.74 Å². The lowest BCUT2D eigenvalue weighted by atomic mass is 10.1. The third-order valence-corrected chi connectivity index (χ3v) is 1.99. The van der Waals surface area contributed by atoms with E-state index >= 15 is 0 Å². The molecule has 0 aliphatic rings. The van der Waals surface area contributed by atoms with Gasteiger partial charge in [-0.25, -0.2) is 0 Å². The SMILES string of the molecule is C=Cc1ccc(N)cc1COCCC. The highest BCUT2D eigenvalue weighted by Gasteiger charge is 1.99. The second-order valence-corrected chi connectivity index (χ2v) is 3.21. The molecule has 76 valence electrons. The fourth-order valence-corrected chi connectivity index (χ4v) is 1.28. The lowest BCUT2D eigenvalue weighted by molar-refractivity contribution is 0.121. The van der Waals surface area contributed by atoms with Crippen molar-refractivity contribution in [3.63, 3.8) is 0 Å². The van der Waals surface area contributed by atoms with Gasteiger partial charge in [0, 0.05) is 12.3 Å². The lowest BCUT2D eigenvalue weighted by Gasteiger charge is -2.07. The maximum Gasteiger partial charge on any atom is 0.0723 e. The van der Waals surface area contributed by atoms with Gasteiger partial charge in [-0.05, 0) is 29.7 Å². The van der Waals surface area contributed by atoms with Gasteiger partial charge in [-0.3, -0.25) is 0 Å². The third-order valence-electron chi connectivity index (χ3n) is 1.99. The van der Waals surface area contributed by atoms with Crippen LogP contribution in [0, 0.1) is 0 Å². The van der Waals surface area contributed by atoms with Crippen molar-refractivity contribution in [2.45, 2.75) is 20.0 Å². The minimum Gasteiger partial charge on any atom is -0.399 e. The van der Waals surface area contributed by atoms with Crippen LogP contribution in [0.5, 0.6) is 0 Å². The van der Waals surface area contributed by atoms with E-state index in [2.05, 4.69) is 13.5 Å². The first-order chi connectivity index (χ1) is 6.77. The van der Waals surface area contributed by atoms with E-state index in [4.69, 9.17) is 10.5 Å². The highest BCUT2D eigenvalue weighted by molar-refractivity contribution is 5.56. The van der Waals surface area contributed by atoms with Crippen LogP contribution in [0.1, 0.15) is 24.5 Å². The Morgan fingerprint density at radius 3 is 2.93 bits per heavy atom. The molecule has 0 radical (unpaired) electrons. The number of ether oxygens (including phenoxy) is 1. The second kappa shape index (κ2) is 5.45. The summed E-state index contributed by atoms with van der Waals surface area (Å²) in [7, 11) is 0. The summed E-state index contributed by atoms with van der Waals surface area (Å²) in [6, 6.07) is 5.78. The van der Waals surface area contributed by atoms with Crippen LogP contribution in [0.2, 0.25) is 0 Å². The summed E-state index contributed by atoms with van der Waals surface area (Å²) >= 11 is 0. The van der Waals surface area contributed by atoms with Gasteiger partial charge in [-0.2, -0.15) is 0 Å². The molecule has 2 nitrogen and oxygen atoms in total. The van der Waals surface area contributed by atoms with Crippen molar-refractivity contribution in [3.05, 3.63) is 35.9 Å². The van der Waals surface area contributed by atoms with Crippen molar-refractivity contribution in [1.82, 2.24) is 0 Å². The Balaban J connectivity index is 2.72. The van der Waals surface area contributed by atoms with Crippen molar-refractivity contribution in [1.29, 1.82) is 0 Å². The van der Waals surface area contributed by atoms with Gasteiger partial charge >= 0.3 is 0 Å². The molecule has 0 aromatic heterocycles. The quantitative estimate of drug-likeness (QED) is 0.573. The zero-order valence-electron chi connectivity index (χ0n) is 8.62. The minimum absolute atomic E-state index is 0.611. The van der Waals surface area contributed by atoms with Crippen LogP contribution in [-0.2, 0) is 11.3 Å². The molecule has 14 heavy (non-hydrogen) atoms. The Morgan fingerprint density at radius 2 is 2.29 bits per heavy atom. The average Bonchev–Trinajstić information content (AvgIpc) is 2.19. The molecule has 0 amide bonds. The number of benzene rings is 1. The smallest absolute Gasteiger partial charge is 0.0723 e. The normalized spacial score (nSPS) is 10.1. The van der Waals surface area contributed by atoms with Crippen LogP contribution < -0.4 is 5.73 Å². The van der Waals surface area contributed by atoms with Gasteiger partial charge in [0.15, 0.2) is 0 Å². The van der Waals surface area contributed by atoms with E-state index in [-0.39, 0.29) is 0 Å². The van der Waals surface area contributed by atoms with Gasteiger partial charge in [0.05, 0.1) is 6.61 Å². The fourth-order valence-electron chi connectivity index (χ4n) is 1.28. The molecule has 0 atom stereocenters. The van der Waals surface area contributed by atoms with E-state index in [1.165, 1.54) is 0 Å². The number of nitrogens with two attached hydrogens (primary N) is 1. The van der Waals surface area contributed by atoms with Gasteiger partial charge in [-0.1, -0.05) is 25.6 Å². The van der Waals surface area contributed by atoms with Gasteiger partial charge in [-0.15, -0.1) is 0 Å². The zero-order chi connectivity index (χ0) is 10.4. The van der Waals surface area contributed by atoms with E-state index in [1.54, 1.807) is 0 Å². The van der Waals surface area contributed by atoms with E-state index in [0.717, 1.165) is 29.8 Å². The Labute approximate surface area is 85.4 Å². The van der Waals surface area contributed by atoms with Crippen LogP contribution in [0.3, 0.4) is 0 Å². The number of nitrogen functional groups attached to an aromatic ring is 1. The van der Waals surface area contributed by atoms with Gasteiger partial charge < -0.3 is 10.5 Å². The summed E-state index contributed by atoms with van der Waals surface area (Å²) in [6.07, 6.45) is 2.86. The molecule has 0 aliphatic heterocycles. The average molecular weight is 191 g/mol. The van der Waals surface area contributed by atoms with Crippen LogP contribution in [0.4, 0.5) is 5.69 Å². The van der Waals surface area contributed by atoms with Crippen molar-refractivity contribution >= 4 is 11.8 Å². The summed E-state index contributed by atoms with van der Waals surface area (Å²) in [5.41, 5.74) is 8.66. The summed E-state index contributed by atoms with van der Waals surface area (Å²) in [6.45, 7) is 7.24. The zero-order valence-corrected chi connectivity index (χ0v) is 8.62. The Morgan fingerprint density at radius 1 is 1.50 bits per heavy atom. The Bertz CT molecular complexity index is 307. The van der Waals surface area contributed by atoms with E-state index in [0.29, 0.717) is 6.61 Å². The molecular weight excluding hydrogens is 174 g/mol. The first-order valence-electron chi connectivity index (χ1n) is 4.86. The van der Waals surface area contributed by atoms with Gasteiger partial charge in [0.25, 0.3) is 0 Å². The van der Waals surface area contributed by atoms with Gasteiger partial charge in [0.1, 0.15) is 0 Å². The Kier molecular flexibility index (Phi) is 4.20. The molecule has 0 bridgehead atoms. The molecule has 0 saturated carbocycles. The molecule has 2 heteroatoms. The predicted molar refractivity (Wildman–Crippen MR) is 60.9 cm³/mol. The number of hydrogen-bond acceptors (Lipinski definition) is 2. The van der Waals surface area contributed by atoms with Gasteiger partial charge in [0.2, 0.25) is 0 Å². The second-order valence-electron chi connectivity index (χ2n) is 3.21. The van der Waals surface area contributed by atoms with Crippen LogP contribution in [0.15, 0.2) is 24.8 Å². The molecule has 1 rings (SSSR count). The third kappa shape index (κ3) is 2.89. The van der Waals surface area contributed by atoms with Crippen molar-refractivity contribution in [3.8, 4) is 0 Å². The number of anilines is 1. The van der Waals surface area contributed by atoms with Crippen LogP contribution in [0.25, 0.3) is 6.08 Å². The van der Waals surface area contributed by atoms with Crippen LogP contribution in [-0.4, -0.2) is 6.61 Å². The Hall–Kier alpha value is -1.28. The maximum absolute atomic E-state index is 5.70. The summed E-state index contributed by atoms with van der Waals surface area (Å²) in [4.78, 5) is 0. The lowest BCUT2D eigenvalue weighted by Crippen LogP contribution is -1.97. The molecule has 0 unspecified atom stereocenters. The molecule has 1 aromatic carbocycles. The summed E-state index contributed by atoms with van der Waals surface area (Å²) in [5, 5.41) is 0. The first-order valence-corrected chi connectivity index (χ1v) is 4.86. The largest absolute Gasteiger partial charge is 0.399 e. The monoisotopic (exact) mass is 191 g/mol. The minimum atomic E-state index is 0.611. The maximum atomic E-state index is 5.70. The van der Waals surface area contributed by atoms with E-state index in [1.807, 2.05) is 24.3 Å². The highest BCUT2D eigenvalue weighted by Crippen LogP contribution is 2.15. The predicted octanol–water partition coefficient (Wildman–Crippen LogP) is 2.84. The van der Waals surface area contributed by atoms with Crippen molar-refractivity contribution in [2.24, 2.45) is 0 Å². The molecule has 0 saturated heterocycles. The molecule has 2 N–H and O–H groups in total. The standard InChI is InChI=1S/C12H17NO/c1-3-7-14-9-11-8-12(13)6-5-10(11)4-2/h4-6,8H,2-3,7,9,13H2,1H3. The van der Waals surface area contributed by atoms with Crippen molar-refractivity contribution in [2.75, 3.05) is 12.3 Å². The molecule has 0 aliphatic carbocycles. The first kappa shape index (κ1) is 10.8. The molecule has 0 spiro atoms. The number of hydrogen-bond donors (Lipinski definition) is 1. The summed E-state index contributed by atoms with van der Waals surface area (Å²) in [5.74, 6) is 0. The molecule has 1 aromatic rings. The molecule has 0 heterocycles. The molecular formula is C12H17NO. The van der Waals surface area contributed by atoms with Crippen LogP contribution >= 0.6 is 0 Å². The topological polar surface area (TPSA) is 35.2 Å². The fraction of sp³-hybridized carbons (Fsp3) is 0.333. The highest BCUT2D eigenvalue weighted by atomic mass is 16.5. The molecule has 0 fully saturated rings. The van der Waals surface area contributed by atoms with E-state index in [9.17, 15) is 0 Å². The number of rotatable bonds is 5. The summed E-state index contributed by atoms with van der Waals surface area (Å²) < 4.78 is 5.46.